The highest BCUT2D eigenvalue weighted by Crippen LogP contribution is 2.17. The number of alkyl carbamates (subject to hydrolysis) is 1. The Labute approximate surface area is 92.6 Å². The van der Waals surface area contributed by atoms with Gasteiger partial charge in [0.05, 0.1) is 6.61 Å². The number of ether oxygens (including phenoxy) is 1. The van der Waals surface area contributed by atoms with E-state index in [9.17, 15) is 4.79 Å². The van der Waals surface area contributed by atoms with Gasteiger partial charge in [0.15, 0.2) is 0 Å². The van der Waals surface area contributed by atoms with Crippen LogP contribution in [-0.4, -0.2) is 23.8 Å². The molecule has 0 saturated carbocycles. The van der Waals surface area contributed by atoms with Crippen LogP contribution in [0.2, 0.25) is 0 Å². The Morgan fingerprint density at radius 1 is 1.27 bits per heavy atom. The van der Waals surface area contributed by atoms with Gasteiger partial charge in [-0.25, -0.2) is 4.79 Å². The first-order chi connectivity index (χ1) is 6.66. The van der Waals surface area contributed by atoms with Gasteiger partial charge in [0.2, 0.25) is 0 Å². The van der Waals surface area contributed by atoms with E-state index >= 15 is 0 Å². The number of carbonyl (C=O) groups is 1. The summed E-state index contributed by atoms with van der Waals surface area (Å²) in [5, 5.41) is 2.81. The molecule has 3 N–H and O–H groups in total. The molecule has 0 bridgehead atoms. The van der Waals surface area contributed by atoms with Crippen molar-refractivity contribution < 1.29 is 9.53 Å². The normalized spacial score (nSPS) is 12.4. The van der Waals surface area contributed by atoms with Crippen LogP contribution in [0.4, 0.5) is 4.79 Å². The van der Waals surface area contributed by atoms with E-state index in [1.54, 1.807) is 6.92 Å². The third kappa shape index (κ3) is 8.24. The van der Waals surface area contributed by atoms with Gasteiger partial charge in [-0.05, 0) is 47.5 Å². The number of rotatable bonds is 5. The van der Waals surface area contributed by atoms with Gasteiger partial charge in [-0.2, -0.15) is 0 Å². The van der Waals surface area contributed by atoms with Gasteiger partial charge >= 0.3 is 6.09 Å². The molecule has 15 heavy (non-hydrogen) atoms. The largest absolute Gasteiger partial charge is 0.450 e. The first-order valence-electron chi connectivity index (χ1n) is 5.40. The van der Waals surface area contributed by atoms with Crippen LogP contribution in [0.5, 0.6) is 0 Å². The average molecular weight is 216 g/mol. The number of nitrogens with one attached hydrogen (secondary N) is 1. The number of hydrogen-bond donors (Lipinski definition) is 2. The summed E-state index contributed by atoms with van der Waals surface area (Å²) in [5.74, 6) is 0. The molecule has 0 radical (unpaired) electrons. The van der Waals surface area contributed by atoms with Crippen LogP contribution in [-0.2, 0) is 4.74 Å². The fourth-order valence-corrected chi connectivity index (χ4v) is 1.14. The highest BCUT2D eigenvalue weighted by molar-refractivity contribution is 5.68. The summed E-state index contributed by atoms with van der Waals surface area (Å²) in [6.45, 7) is 10.1. The minimum Gasteiger partial charge on any atom is -0.450 e. The molecule has 0 heterocycles. The second-order valence-corrected chi connectivity index (χ2v) is 5.22. The number of hydrogen-bond acceptors (Lipinski definition) is 3. The van der Waals surface area contributed by atoms with Gasteiger partial charge in [0.25, 0.3) is 0 Å². The zero-order valence-corrected chi connectivity index (χ0v) is 10.5. The summed E-state index contributed by atoms with van der Waals surface area (Å²) in [5.41, 5.74) is 5.41. The summed E-state index contributed by atoms with van der Waals surface area (Å²) in [6.07, 6.45) is 1.32. The van der Waals surface area contributed by atoms with Crippen LogP contribution < -0.4 is 11.1 Å². The molecule has 0 aliphatic heterocycles. The third-order valence-electron chi connectivity index (χ3n) is 2.11. The van der Waals surface area contributed by atoms with E-state index in [0.29, 0.717) is 6.61 Å². The maximum Gasteiger partial charge on any atom is 0.407 e. The van der Waals surface area contributed by atoms with Gasteiger partial charge < -0.3 is 15.8 Å². The zero-order chi connectivity index (χ0) is 12.1. The summed E-state index contributed by atoms with van der Waals surface area (Å²) in [6, 6.07) is 0. The molecule has 0 aromatic rings. The molecule has 0 spiro atoms. The Hall–Kier alpha value is -0.770. The zero-order valence-electron chi connectivity index (χ0n) is 10.5. The van der Waals surface area contributed by atoms with E-state index in [1.165, 1.54) is 0 Å². The molecular weight excluding hydrogens is 192 g/mol. The summed E-state index contributed by atoms with van der Waals surface area (Å²) in [4.78, 5) is 11.2. The van der Waals surface area contributed by atoms with E-state index in [4.69, 9.17) is 10.5 Å². The Morgan fingerprint density at radius 3 is 2.20 bits per heavy atom. The lowest BCUT2D eigenvalue weighted by Crippen LogP contribution is -2.45. The van der Waals surface area contributed by atoms with Crippen LogP contribution in [0.15, 0.2) is 0 Å². The summed E-state index contributed by atoms with van der Waals surface area (Å²) < 4.78 is 4.83. The van der Waals surface area contributed by atoms with E-state index in [0.717, 1.165) is 12.8 Å². The van der Waals surface area contributed by atoms with E-state index in [2.05, 4.69) is 5.32 Å². The smallest absolute Gasteiger partial charge is 0.407 e. The maximum atomic E-state index is 11.2. The molecule has 0 atom stereocenters. The third-order valence-corrected chi connectivity index (χ3v) is 2.11. The summed E-state index contributed by atoms with van der Waals surface area (Å²) >= 11 is 0. The quantitative estimate of drug-likeness (QED) is 0.739. The van der Waals surface area contributed by atoms with Crippen molar-refractivity contribution >= 4 is 6.09 Å². The second kappa shape index (κ2) is 5.35. The van der Waals surface area contributed by atoms with Crippen molar-refractivity contribution in [2.45, 2.75) is 58.5 Å². The SMILES string of the molecule is CCOC(=O)NC(C)(C)CCC(C)(C)N. The monoisotopic (exact) mass is 216 g/mol. The van der Waals surface area contributed by atoms with Gasteiger partial charge in [-0.15, -0.1) is 0 Å². The van der Waals surface area contributed by atoms with Crippen molar-refractivity contribution in [3.05, 3.63) is 0 Å². The molecule has 4 nitrogen and oxygen atoms in total. The van der Waals surface area contributed by atoms with Crippen LogP contribution >= 0.6 is 0 Å². The predicted octanol–water partition coefficient (Wildman–Crippen LogP) is 2.03. The number of carbonyl (C=O) groups excluding carboxylic acids is 1. The minimum absolute atomic E-state index is 0.201. The van der Waals surface area contributed by atoms with Crippen molar-refractivity contribution in [1.82, 2.24) is 5.32 Å². The highest BCUT2D eigenvalue weighted by Gasteiger charge is 2.23. The van der Waals surface area contributed by atoms with E-state index in [-0.39, 0.29) is 17.2 Å². The summed E-state index contributed by atoms with van der Waals surface area (Å²) in [7, 11) is 0. The number of amides is 1. The lowest BCUT2D eigenvalue weighted by atomic mass is 9.90. The van der Waals surface area contributed by atoms with Crippen molar-refractivity contribution in [3.8, 4) is 0 Å². The molecular formula is C11H24N2O2. The van der Waals surface area contributed by atoms with Gasteiger partial charge in [-0.1, -0.05) is 0 Å². The molecule has 4 heteroatoms. The van der Waals surface area contributed by atoms with Crippen LogP contribution in [0.25, 0.3) is 0 Å². The molecule has 0 rings (SSSR count). The fourth-order valence-electron chi connectivity index (χ4n) is 1.14. The van der Waals surface area contributed by atoms with E-state index in [1.807, 2.05) is 27.7 Å². The Kier molecular flexibility index (Phi) is 5.08. The predicted molar refractivity (Wildman–Crippen MR) is 61.7 cm³/mol. The first-order valence-corrected chi connectivity index (χ1v) is 5.40. The van der Waals surface area contributed by atoms with E-state index < -0.39 is 0 Å². The Balaban J connectivity index is 4.02. The molecule has 0 fully saturated rings. The van der Waals surface area contributed by atoms with Gasteiger partial charge in [-0.3, -0.25) is 0 Å². The molecule has 0 unspecified atom stereocenters. The number of nitrogens with two attached hydrogens (primary N) is 1. The minimum atomic E-state index is -0.364. The van der Waals surface area contributed by atoms with Crippen molar-refractivity contribution in [2.75, 3.05) is 6.61 Å². The standard InChI is InChI=1S/C11H24N2O2/c1-6-15-9(14)13-11(4,5)8-7-10(2,3)12/h6-8,12H2,1-5H3,(H,13,14). The first kappa shape index (κ1) is 14.2. The topological polar surface area (TPSA) is 64.3 Å². The molecule has 0 aliphatic rings. The highest BCUT2D eigenvalue weighted by atomic mass is 16.5. The van der Waals surface area contributed by atoms with Crippen molar-refractivity contribution in [3.63, 3.8) is 0 Å². The van der Waals surface area contributed by atoms with Gasteiger partial charge in [0, 0.05) is 11.1 Å². The van der Waals surface area contributed by atoms with Crippen LogP contribution in [0.3, 0.4) is 0 Å². The molecule has 0 aromatic carbocycles. The second-order valence-electron chi connectivity index (χ2n) is 5.22. The maximum absolute atomic E-state index is 11.2. The van der Waals surface area contributed by atoms with Crippen molar-refractivity contribution in [1.29, 1.82) is 0 Å². The van der Waals surface area contributed by atoms with Gasteiger partial charge in [0.1, 0.15) is 0 Å². The van der Waals surface area contributed by atoms with Crippen LogP contribution in [0.1, 0.15) is 47.5 Å². The molecule has 0 saturated heterocycles. The lowest BCUT2D eigenvalue weighted by molar-refractivity contribution is 0.139. The molecule has 0 aliphatic carbocycles. The average Bonchev–Trinajstić information content (AvgIpc) is 1.99. The van der Waals surface area contributed by atoms with Crippen molar-refractivity contribution in [2.24, 2.45) is 5.73 Å². The Bertz CT molecular complexity index is 207. The molecule has 0 aromatic heterocycles. The molecule has 1 amide bonds. The molecule has 90 valence electrons. The fraction of sp³-hybridized carbons (Fsp3) is 0.909. The van der Waals surface area contributed by atoms with Crippen LogP contribution in [0, 0.1) is 0 Å². The Morgan fingerprint density at radius 2 is 1.80 bits per heavy atom. The lowest BCUT2D eigenvalue weighted by Gasteiger charge is -2.29.